The Morgan fingerprint density at radius 3 is 1.29 bits per heavy atom. The van der Waals surface area contributed by atoms with E-state index < -0.39 is 47.9 Å². The molecule has 0 unspecified atom stereocenters. The molecule has 1 aromatic heterocycles. The van der Waals surface area contributed by atoms with Gasteiger partial charge in [-0.1, -0.05) is 0 Å². The van der Waals surface area contributed by atoms with Gasteiger partial charge in [-0.25, -0.2) is 0 Å². The van der Waals surface area contributed by atoms with Gasteiger partial charge in [-0.05, 0) is 12.1 Å². The summed E-state index contributed by atoms with van der Waals surface area (Å²) in [6, 6.07) is 5.18. The summed E-state index contributed by atoms with van der Waals surface area (Å²) in [6.45, 7) is 0. The molecule has 0 radical (unpaired) electrons. The Balaban J connectivity index is 2.27. The summed E-state index contributed by atoms with van der Waals surface area (Å²) in [6.07, 6.45) is 1.72. The molecule has 1 heterocycles. The van der Waals surface area contributed by atoms with E-state index in [1.54, 1.807) is 0 Å². The maximum Gasteiger partial charge on any atom is 0.284 e. The average Bonchev–Trinajstić information content (AvgIpc) is 2.73. The van der Waals surface area contributed by atoms with Gasteiger partial charge in [0.2, 0.25) is 5.43 Å². The highest BCUT2D eigenvalue weighted by Gasteiger charge is 2.27. The van der Waals surface area contributed by atoms with Crippen LogP contribution in [0.5, 0.6) is 0 Å². The second kappa shape index (κ2) is 7.78. The molecule has 14 nitrogen and oxygen atoms in total. The molecule has 0 aliphatic carbocycles. The lowest BCUT2D eigenvalue weighted by Gasteiger charge is -2.06. The van der Waals surface area contributed by atoms with E-state index in [-0.39, 0.29) is 22.3 Å². The van der Waals surface area contributed by atoms with Crippen LogP contribution in [0.1, 0.15) is 0 Å². The van der Waals surface area contributed by atoms with E-state index in [0.717, 1.165) is 36.8 Å². The standard InChI is InChI=1S/C17H8N4O10/c22-17-13(11-3-1-9(18(23)24)5-15(11)20(27)28)7-31-8-14(17)12-4-2-10(19(25)26)6-16(12)21(29)30/h1-8H. The van der Waals surface area contributed by atoms with Crippen molar-refractivity contribution in [1.29, 1.82) is 0 Å². The van der Waals surface area contributed by atoms with Crippen LogP contribution in [-0.2, 0) is 0 Å². The first kappa shape index (κ1) is 20.7. The van der Waals surface area contributed by atoms with Gasteiger partial charge in [0, 0.05) is 12.1 Å². The van der Waals surface area contributed by atoms with E-state index in [9.17, 15) is 45.3 Å². The van der Waals surface area contributed by atoms with Crippen molar-refractivity contribution >= 4 is 22.7 Å². The van der Waals surface area contributed by atoms with Crippen molar-refractivity contribution in [2.45, 2.75) is 0 Å². The zero-order valence-corrected chi connectivity index (χ0v) is 15.0. The lowest BCUT2D eigenvalue weighted by Crippen LogP contribution is -2.10. The van der Waals surface area contributed by atoms with Crippen LogP contribution < -0.4 is 5.43 Å². The normalized spacial score (nSPS) is 10.5. The quantitative estimate of drug-likeness (QED) is 0.412. The Bertz CT molecular complexity index is 1230. The minimum Gasteiger partial charge on any atom is -0.471 e. The molecule has 0 spiro atoms. The highest BCUT2D eigenvalue weighted by molar-refractivity contribution is 5.81. The SMILES string of the molecule is O=c1c(-c2ccc([N+](=O)[O-])cc2[N+](=O)[O-])cocc1-c1ccc([N+](=O)[O-])cc1[N+](=O)[O-]. The number of non-ortho nitro benzene ring substituents is 2. The molecule has 0 amide bonds. The number of benzene rings is 2. The molecule has 0 bridgehead atoms. The number of nitro benzene ring substituents is 4. The van der Waals surface area contributed by atoms with Crippen LogP contribution in [0.3, 0.4) is 0 Å². The van der Waals surface area contributed by atoms with Crippen LogP contribution in [0, 0.1) is 40.5 Å². The summed E-state index contributed by atoms with van der Waals surface area (Å²) < 4.78 is 5.04. The predicted octanol–water partition coefficient (Wildman–Crippen LogP) is 3.61. The van der Waals surface area contributed by atoms with E-state index in [1.807, 2.05) is 0 Å². The number of nitrogens with zero attached hydrogens (tertiary/aromatic N) is 4. The third-order valence-electron chi connectivity index (χ3n) is 4.22. The molecule has 2 aromatic carbocycles. The van der Waals surface area contributed by atoms with Crippen molar-refractivity contribution in [2.24, 2.45) is 0 Å². The van der Waals surface area contributed by atoms with Crippen LogP contribution in [-0.4, -0.2) is 19.7 Å². The van der Waals surface area contributed by atoms with Crippen LogP contribution >= 0.6 is 0 Å². The fourth-order valence-corrected chi connectivity index (χ4v) is 2.82. The minimum atomic E-state index is -0.928. The molecule has 0 fully saturated rings. The molecule has 0 saturated heterocycles. The molecule has 0 saturated carbocycles. The Labute approximate surface area is 169 Å². The van der Waals surface area contributed by atoms with E-state index in [4.69, 9.17) is 4.42 Å². The van der Waals surface area contributed by atoms with Gasteiger partial charge in [0.05, 0.1) is 54.1 Å². The fourth-order valence-electron chi connectivity index (χ4n) is 2.82. The van der Waals surface area contributed by atoms with Crippen molar-refractivity contribution in [1.82, 2.24) is 0 Å². The molecule has 0 N–H and O–H groups in total. The monoisotopic (exact) mass is 428 g/mol. The van der Waals surface area contributed by atoms with Crippen LogP contribution in [0.4, 0.5) is 22.7 Å². The van der Waals surface area contributed by atoms with Gasteiger partial charge in [0.15, 0.2) is 0 Å². The van der Waals surface area contributed by atoms with Crippen molar-refractivity contribution in [2.75, 3.05) is 0 Å². The van der Waals surface area contributed by atoms with E-state index in [2.05, 4.69) is 0 Å². The fraction of sp³-hybridized carbons (Fsp3) is 0. The zero-order valence-electron chi connectivity index (χ0n) is 15.0. The van der Waals surface area contributed by atoms with Crippen LogP contribution in [0.25, 0.3) is 22.3 Å². The minimum absolute atomic E-state index is 0.309. The molecule has 31 heavy (non-hydrogen) atoms. The van der Waals surface area contributed by atoms with Crippen molar-refractivity contribution in [3.63, 3.8) is 0 Å². The van der Waals surface area contributed by atoms with Crippen molar-refractivity contribution in [3.05, 3.63) is 99.6 Å². The lowest BCUT2D eigenvalue weighted by atomic mass is 9.99. The smallest absolute Gasteiger partial charge is 0.284 e. The largest absolute Gasteiger partial charge is 0.471 e. The predicted molar refractivity (Wildman–Crippen MR) is 102 cm³/mol. The van der Waals surface area contributed by atoms with E-state index >= 15 is 0 Å². The summed E-state index contributed by atoms with van der Waals surface area (Å²) in [7, 11) is 0. The maximum absolute atomic E-state index is 13.0. The van der Waals surface area contributed by atoms with Crippen LogP contribution in [0.15, 0.2) is 58.1 Å². The van der Waals surface area contributed by atoms with Gasteiger partial charge >= 0.3 is 0 Å². The summed E-state index contributed by atoms with van der Waals surface area (Å²) in [5, 5.41) is 44.6. The van der Waals surface area contributed by atoms with Crippen LogP contribution in [0.2, 0.25) is 0 Å². The number of nitro groups is 4. The first-order valence-electron chi connectivity index (χ1n) is 8.08. The summed E-state index contributed by atoms with van der Waals surface area (Å²) >= 11 is 0. The Kier molecular flexibility index (Phi) is 5.20. The zero-order chi connectivity index (χ0) is 22.9. The number of hydrogen-bond donors (Lipinski definition) is 0. The summed E-state index contributed by atoms with van der Waals surface area (Å²) in [4.78, 5) is 54.0. The highest BCUT2D eigenvalue weighted by Crippen LogP contribution is 2.35. The molecular formula is C17H8N4O10. The van der Waals surface area contributed by atoms with Gasteiger partial charge in [-0.3, -0.25) is 45.3 Å². The summed E-state index contributed by atoms with van der Waals surface area (Å²) in [5.41, 5.74) is -4.97. The molecule has 3 aromatic rings. The molecule has 0 aliphatic rings. The Morgan fingerprint density at radius 2 is 0.968 bits per heavy atom. The molecular weight excluding hydrogens is 420 g/mol. The topological polar surface area (TPSA) is 203 Å². The molecule has 156 valence electrons. The second-order valence-electron chi connectivity index (χ2n) is 5.96. The third-order valence-corrected chi connectivity index (χ3v) is 4.22. The Morgan fingerprint density at radius 1 is 0.581 bits per heavy atom. The molecule has 3 rings (SSSR count). The number of hydrogen-bond acceptors (Lipinski definition) is 10. The average molecular weight is 428 g/mol. The number of rotatable bonds is 6. The lowest BCUT2D eigenvalue weighted by molar-refractivity contribution is -0.394. The maximum atomic E-state index is 13.0. The molecule has 0 atom stereocenters. The third kappa shape index (κ3) is 3.80. The summed E-state index contributed by atoms with van der Waals surface area (Å²) in [5.74, 6) is 0. The highest BCUT2D eigenvalue weighted by atomic mass is 16.6. The van der Waals surface area contributed by atoms with Gasteiger partial charge in [0.1, 0.15) is 12.5 Å². The Hall–Kier alpha value is -5.01. The first-order valence-corrected chi connectivity index (χ1v) is 8.08. The van der Waals surface area contributed by atoms with Gasteiger partial charge in [-0.15, -0.1) is 0 Å². The van der Waals surface area contributed by atoms with E-state index in [1.165, 1.54) is 0 Å². The van der Waals surface area contributed by atoms with Crippen molar-refractivity contribution < 1.29 is 24.1 Å². The second-order valence-corrected chi connectivity index (χ2v) is 5.96. The molecule has 0 aliphatic heterocycles. The van der Waals surface area contributed by atoms with Gasteiger partial charge < -0.3 is 4.42 Å². The van der Waals surface area contributed by atoms with Gasteiger partial charge in [0.25, 0.3) is 22.7 Å². The molecule has 14 heteroatoms. The van der Waals surface area contributed by atoms with Crippen molar-refractivity contribution in [3.8, 4) is 22.3 Å². The van der Waals surface area contributed by atoms with E-state index in [0.29, 0.717) is 12.1 Å². The first-order chi connectivity index (χ1) is 14.6. The van der Waals surface area contributed by atoms with Gasteiger partial charge in [-0.2, -0.15) is 0 Å².